The lowest BCUT2D eigenvalue weighted by Crippen LogP contribution is -2.41. The molecule has 2 rings (SSSR count). The van der Waals surface area contributed by atoms with Gasteiger partial charge in [0.2, 0.25) is 0 Å². The van der Waals surface area contributed by atoms with Crippen molar-refractivity contribution in [2.45, 2.75) is 43.9 Å². The van der Waals surface area contributed by atoms with Gasteiger partial charge in [-0.15, -0.1) is 0 Å². The summed E-state index contributed by atoms with van der Waals surface area (Å²) in [5.74, 6) is 0. The summed E-state index contributed by atoms with van der Waals surface area (Å²) in [6.45, 7) is 3.52. The number of ether oxygens (including phenoxy) is 2. The van der Waals surface area contributed by atoms with Crippen LogP contribution in [0.4, 0.5) is 0 Å². The predicted molar refractivity (Wildman–Crippen MR) is 63.4 cm³/mol. The molecule has 0 amide bonds. The van der Waals surface area contributed by atoms with Crippen LogP contribution >= 0.6 is 0 Å². The van der Waals surface area contributed by atoms with Gasteiger partial charge in [-0.05, 0) is 32.7 Å². The van der Waals surface area contributed by atoms with Crippen LogP contribution in [0.3, 0.4) is 0 Å². The third-order valence-electron chi connectivity index (χ3n) is 3.76. The molecule has 0 spiro atoms. The van der Waals surface area contributed by atoms with Crippen LogP contribution in [0.25, 0.3) is 0 Å². The van der Waals surface area contributed by atoms with Gasteiger partial charge in [-0.25, -0.2) is 0 Å². The SMILES string of the molecule is CN(CC1CCC(CN)O1)C1CCOCC1. The van der Waals surface area contributed by atoms with Gasteiger partial charge in [0.05, 0.1) is 12.2 Å². The Bertz CT molecular complexity index is 207. The summed E-state index contributed by atoms with van der Waals surface area (Å²) >= 11 is 0. The molecule has 0 aromatic heterocycles. The van der Waals surface area contributed by atoms with Crippen molar-refractivity contribution in [3.63, 3.8) is 0 Å². The fourth-order valence-corrected chi connectivity index (χ4v) is 2.68. The number of hydrogen-bond acceptors (Lipinski definition) is 4. The van der Waals surface area contributed by atoms with Gasteiger partial charge in [0.25, 0.3) is 0 Å². The molecule has 0 aliphatic carbocycles. The minimum Gasteiger partial charge on any atom is -0.381 e. The summed E-state index contributed by atoms with van der Waals surface area (Å²) < 4.78 is 11.3. The molecule has 94 valence electrons. The van der Waals surface area contributed by atoms with Gasteiger partial charge in [-0.2, -0.15) is 0 Å². The summed E-state index contributed by atoms with van der Waals surface area (Å²) in [5.41, 5.74) is 5.61. The van der Waals surface area contributed by atoms with Crippen LogP contribution < -0.4 is 5.73 Å². The first-order chi connectivity index (χ1) is 7.79. The molecule has 2 unspecified atom stereocenters. The third-order valence-corrected chi connectivity index (χ3v) is 3.76. The van der Waals surface area contributed by atoms with Gasteiger partial charge >= 0.3 is 0 Å². The lowest BCUT2D eigenvalue weighted by atomic mass is 10.1. The Kier molecular flexibility index (Phi) is 4.58. The Hall–Kier alpha value is -0.160. The minimum atomic E-state index is 0.299. The van der Waals surface area contributed by atoms with Crippen LogP contribution in [0.15, 0.2) is 0 Å². The zero-order valence-corrected chi connectivity index (χ0v) is 10.2. The van der Waals surface area contributed by atoms with Crippen molar-refractivity contribution < 1.29 is 9.47 Å². The Labute approximate surface area is 98.1 Å². The molecule has 0 aromatic carbocycles. The molecule has 2 N–H and O–H groups in total. The molecule has 2 saturated heterocycles. The highest BCUT2D eigenvalue weighted by Crippen LogP contribution is 2.21. The summed E-state index contributed by atoms with van der Waals surface area (Å²) in [4.78, 5) is 2.44. The van der Waals surface area contributed by atoms with E-state index in [2.05, 4.69) is 11.9 Å². The van der Waals surface area contributed by atoms with Gasteiger partial charge in [0, 0.05) is 32.3 Å². The largest absolute Gasteiger partial charge is 0.381 e. The highest BCUT2D eigenvalue weighted by atomic mass is 16.5. The molecule has 2 fully saturated rings. The molecule has 4 nitrogen and oxygen atoms in total. The smallest absolute Gasteiger partial charge is 0.0707 e. The Morgan fingerprint density at radius 1 is 1.12 bits per heavy atom. The van der Waals surface area contributed by atoms with E-state index in [9.17, 15) is 0 Å². The summed E-state index contributed by atoms with van der Waals surface area (Å²) in [6, 6.07) is 0.675. The van der Waals surface area contributed by atoms with Crippen LogP contribution in [0.2, 0.25) is 0 Å². The highest BCUT2D eigenvalue weighted by molar-refractivity contribution is 4.79. The van der Waals surface area contributed by atoms with Gasteiger partial charge in [-0.1, -0.05) is 0 Å². The average Bonchev–Trinajstić information content (AvgIpc) is 2.78. The zero-order valence-electron chi connectivity index (χ0n) is 10.2. The van der Waals surface area contributed by atoms with Crippen LogP contribution in [0, 0.1) is 0 Å². The number of rotatable bonds is 4. The Morgan fingerprint density at radius 2 is 1.81 bits per heavy atom. The van der Waals surface area contributed by atoms with Crippen LogP contribution in [0.5, 0.6) is 0 Å². The van der Waals surface area contributed by atoms with Crippen molar-refractivity contribution >= 4 is 0 Å². The van der Waals surface area contributed by atoms with E-state index in [0.717, 1.165) is 45.4 Å². The second-order valence-electron chi connectivity index (χ2n) is 4.98. The lowest BCUT2D eigenvalue weighted by molar-refractivity contribution is 0.000576. The lowest BCUT2D eigenvalue weighted by Gasteiger charge is -2.32. The number of hydrogen-bond donors (Lipinski definition) is 1. The highest BCUT2D eigenvalue weighted by Gasteiger charge is 2.27. The molecule has 0 radical (unpaired) electrons. The molecule has 2 aliphatic heterocycles. The van der Waals surface area contributed by atoms with Crippen LogP contribution in [0.1, 0.15) is 25.7 Å². The van der Waals surface area contributed by atoms with E-state index in [1.807, 2.05) is 0 Å². The molecule has 0 saturated carbocycles. The zero-order chi connectivity index (χ0) is 11.4. The van der Waals surface area contributed by atoms with Crippen LogP contribution in [-0.4, -0.2) is 56.5 Å². The van der Waals surface area contributed by atoms with E-state index < -0.39 is 0 Å². The predicted octanol–water partition coefficient (Wildman–Crippen LogP) is 0.604. The second-order valence-corrected chi connectivity index (χ2v) is 4.98. The van der Waals surface area contributed by atoms with E-state index in [4.69, 9.17) is 15.2 Å². The number of nitrogens with zero attached hydrogens (tertiary/aromatic N) is 1. The standard InChI is InChI=1S/C12H24N2O2/c1-14(10-4-6-15-7-5-10)9-12-3-2-11(8-13)16-12/h10-12H,2-9,13H2,1H3. The Morgan fingerprint density at radius 3 is 2.44 bits per heavy atom. The maximum Gasteiger partial charge on any atom is 0.0707 e. The van der Waals surface area contributed by atoms with Crippen molar-refractivity contribution in [2.75, 3.05) is 33.4 Å². The Balaban J connectivity index is 1.72. The summed E-state index contributed by atoms with van der Waals surface area (Å²) in [7, 11) is 2.20. The molecular weight excluding hydrogens is 204 g/mol. The maximum absolute atomic E-state index is 5.87. The molecular formula is C12H24N2O2. The fraction of sp³-hybridized carbons (Fsp3) is 1.00. The number of nitrogens with two attached hydrogens (primary N) is 1. The maximum atomic E-state index is 5.87. The van der Waals surface area contributed by atoms with Crippen LogP contribution in [-0.2, 0) is 9.47 Å². The van der Waals surface area contributed by atoms with E-state index >= 15 is 0 Å². The molecule has 0 aromatic rings. The second kappa shape index (κ2) is 5.96. The van der Waals surface area contributed by atoms with Crippen molar-refractivity contribution in [1.29, 1.82) is 0 Å². The monoisotopic (exact) mass is 228 g/mol. The molecule has 4 heteroatoms. The van der Waals surface area contributed by atoms with Gasteiger partial charge in [0.1, 0.15) is 0 Å². The van der Waals surface area contributed by atoms with Crippen molar-refractivity contribution in [3.8, 4) is 0 Å². The molecule has 0 bridgehead atoms. The summed E-state index contributed by atoms with van der Waals surface area (Å²) in [6.07, 6.45) is 5.29. The normalized spacial score (nSPS) is 32.4. The first kappa shape index (κ1) is 12.3. The van der Waals surface area contributed by atoms with Gasteiger partial charge in [0.15, 0.2) is 0 Å². The van der Waals surface area contributed by atoms with Crippen molar-refractivity contribution in [1.82, 2.24) is 4.90 Å². The topological polar surface area (TPSA) is 47.7 Å². The van der Waals surface area contributed by atoms with Gasteiger partial charge < -0.3 is 20.1 Å². The van der Waals surface area contributed by atoms with E-state index in [-0.39, 0.29) is 0 Å². The van der Waals surface area contributed by atoms with Crippen molar-refractivity contribution in [3.05, 3.63) is 0 Å². The van der Waals surface area contributed by atoms with E-state index in [1.54, 1.807) is 0 Å². The summed E-state index contributed by atoms with van der Waals surface area (Å²) in [5, 5.41) is 0. The minimum absolute atomic E-state index is 0.299. The number of likely N-dealkylation sites (N-methyl/N-ethyl adjacent to an activating group) is 1. The van der Waals surface area contributed by atoms with E-state index in [1.165, 1.54) is 0 Å². The first-order valence-electron chi connectivity index (χ1n) is 6.43. The van der Waals surface area contributed by atoms with Crippen molar-refractivity contribution in [2.24, 2.45) is 5.73 Å². The van der Waals surface area contributed by atoms with E-state index in [0.29, 0.717) is 24.8 Å². The molecule has 2 aliphatic rings. The quantitative estimate of drug-likeness (QED) is 0.765. The van der Waals surface area contributed by atoms with Gasteiger partial charge in [-0.3, -0.25) is 0 Å². The molecule has 2 atom stereocenters. The fourth-order valence-electron chi connectivity index (χ4n) is 2.68. The third kappa shape index (κ3) is 3.17. The molecule has 2 heterocycles. The first-order valence-corrected chi connectivity index (χ1v) is 6.43. The molecule has 16 heavy (non-hydrogen) atoms. The average molecular weight is 228 g/mol.